The van der Waals surface area contributed by atoms with Crippen molar-refractivity contribution in [2.75, 3.05) is 19.6 Å². The molecule has 3 nitrogen and oxygen atoms in total. The van der Waals surface area contributed by atoms with E-state index in [1.165, 1.54) is 30.7 Å². The minimum Gasteiger partial charge on any atom is -0.345 e. The summed E-state index contributed by atoms with van der Waals surface area (Å²) in [6.45, 7) is 7.66. The molecule has 0 aliphatic carbocycles. The molecule has 5 heteroatoms. The van der Waals surface area contributed by atoms with Gasteiger partial charge in [-0.3, -0.25) is 4.79 Å². The van der Waals surface area contributed by atoms with Crippen molar-refractivity contribution in [1.82, 2.24) is 10.2 Å². The highest BCUT2D eigenvalue weighted by Gasteiger charge is 2.24. The Kier molecular flexibility index (Phi) is 7.97. The van der Waals surface area contributed by atoms with Gasteiger partial charge in [0.1, 0.15) is 11.6 Å². The fourth-order valence-corrected chi connectivity index (χ4v) is 4.07. The number of nitrogens with zero attached hydrogens (tertiary/aromatic N) is 1. The van der Waals surface area contributed by atoms with Crippen LogP contribution >= 0.6 is 0 Å². The number of benzene rings is 2. The molecule has 0 unspecified atom stereocenters. The monoisotopic (exact) mass is 414 g/mol. The second-order valence-corrected chi connectivity index (χ2v) is 8.78. The molecule has 0 saturated carbocycles. The van der Waals surface area contributed by atoms with Crippen LogP contribution in [0, 0.1) is 23.5 Å². The van der Waals surface area contributed by atoms with Crippen molar-refractivity contribution >= 4 is 5.91 Å². The maximum Gasteiger partial charge on any atom is 0.221 e. The van der Waals surface area contributed by atoms with Gasteiger partial charge in [-0.05, 0) is 86.1 Å². The number of hydrogen-bond acceptors (Lipinski definition) is 2. The average molecular weight is 415 g/mol. The summed E-state index contributed by atoms with van der Waals surface area (Å²) in [5, 5.41) is 3.02. The quantitative estimate of drug-likeness (QED) is 0.634. The summed E-state index contributed by atoms with van der Waals surface area (Å²) in [6, 6.07) is 11.7. The molecule has 1 heterocycles. The lowest BCUT2D eigenvalue weighted by atomic mass is 9.92. The molecular formula is C25H32F2N2O. The predicted octanol–water partition coefficient (Wildman–Crippen LogP) is 5.32. The van der Waals surface area contributed by atoms with Gasteiger partial charge in [0, 0.05) is 6.42 Å². The first-order valence-corrected chi connectivity index (χ1v) is 10.9. The number of rotatable bonds is 8. The lowest BCUT2D eigenvalue weighted by Gasteiger charge is -2.32. The van der Waals surface area contributed by atoms with E-state index in [-0.39, 0.29) is 17.5 Å². The second-order valence-electron chi connectivity index (χ2n) is 8.78. The van der Waals surface area contributed by atoms with Crippen LogP contribution in [0.15, 0.2) is 48.5 Å². The Morgan fingerprint density at radius 2 is 1.60 bits per heavy atom. The Balaban J connectivity index is 1.62. The number of carbonyl (C=O) groups is 1. The Morgan fingerprint density at radius 1 is 1.03 bits per heavy atom. The van der Waals surface area contributed by atoms with Crippen molar-refractivity contribution in [3.05, 3.63) is 71.3 Å². The first-order chi connectivity index (χ1) is 14.4. The summed E-state index contributed by atoms with van der Waals surface area (Å²) in [4.78, 5) is 15.3. The minimum atomic E-state index is -0.574. The smallest absolute Gasteiger partial charge is 0.221 e. The standard InChI is InChI=1S/C25H32F2N2O/c1-18(2)9-12-29-13-10-19(11-14-29)15-24(30)28-25(20-5-3-7-22(26)16-20)21-6-4-8-23(27)17-21/h3-8,16-19,25H,9-15H2,1-2H3,(H,28,30). The Bertz CT molecular complexity index is 786. The SMILES string of the molecule is CC(C)CCN1CCC(CC(=O)NC(c2cccc(F)c2)c2cccc(F)c2)CC1. The Hall–Kier alpha value is -2.27. The maximum atomic E-state index is 13.8. The Morgan fingerprint density at radius 3 is 2.10 bits per heavy atom. The average Bonchev–Trinajstić information content (AvgIpc) is 2.71. The van der Waals surface area contributed by atoms with Crippen molar-refractivity contribution < 1.29 is 13.6 Å². The molecule has 2 aromatic rings. The number of carbonyl (C=O) groups excluding carboxylic acids is 1. The van der Waals surface area contributed by atoms with E-state index < -0.39 is 6.04 Å². The van der Waals surface area contributed by atoms with Crippen LogP contribution in [0.4, 0.5) is 8.78 Å². The summed E-state index contributed by atoms with van der Waals surface area (Å²) in [5.74, 6) is 0.222. The molecule has 0 aromatic heterocycles. The number of hydrogen-bond donors (Lipinski definition) is 1. The number of piperidine rings is 1. The van der Waals surface area contributed by atoms with Crippen molar-refractivity contribution in [3.8, 4) is 0 Å². The summed E-state index contributed by atoms with van der Waals surface area (Å²) >= 11 is 0. The van der Waals surface area contributed by atoms with Crippen LogP contribution in [-0.2, 0) is 4.79 Å². The van der Waals surface area contributed by atoms with E-state index in [9.17, 15) is 13.6 Å². The summed E-state index contributed by atoms with van der Waals surface area (Å²) in [5.41, 5.74) is 1.22. The highest BCUT2D eigenvalue weighted by Crippen LogP contribution is 2.26. The third-order valence-corrected chi connectivity index (χ3v) is 5.87. The van der Waals surface area contributed by atoms with E-state index >= 15 is 0 Å². The molecule has 0 spiro atoms. The zero-order valence-electron chi connectivity index (χ0n) is 17.9. The summed E-state index contributed by atoms with van der Waals surface area (Å²) in [6.07, 6.45) is 3.67. The Labute approximate surface area is 178 Å². The van der Waals surface area contributed by atoms with Gasteiger partial charge in [0.2, 0.25) is 5.91 Å². The second kappa shape index (κ2) is 10.7. The lowest BCUT2D eigenvalue weighted by molar-refractivity contribution is -0.122. The third kappa shape index (κ3) is 6.63. The molecule has 1 N–H and O–H groups in total. The van der Waals surface area contributed by atoms with Gasteiger partial charge >= 0.3 is 0 Å². The highest BCUT2D eigenvalue weighted by molar-refractivity contribution is 5.77. The molecule has 0 atom stereocenters. The van der Waals surface area contributed by atoms with E-state index in [1.807, 2.05) is 0 Å². The van der Waals surface area contributed by atoms with Crippen molar-refractivity contribution in [1.29, 1.82) is 0 Å². The molecule has 1 fully saturated rings. The topological polar surface area (TPSA) is 32.3 Å². The van der Waals surface area contributed by atoms with Crippen LogP contribution in [0.1, 0.15) is 56.7 Å². The van der Waals surface area contributed by atoms with E-state index in [2.05, 4.69) is 24.1 Å². The van der Waals surface area contributed by atoms with Crippen molar-refractivity contribution in [2.24, 2.45) is 11.8 Å². The zero-order chi connectivity index (χ0) is 21.5. The summed E-state index contributed by atoms with van der Waals surface area (Å²) in [7, 11) is 0. The summed E-state index contributed by atoms with van der Waals surface area (Å²) < 4.78 is 27.6. The fourth-order valence-electron chi connectivity index (χ4n) is 4.07. The van der Waals surface area contributed by atoms with Crippen molar-refractivity contribution in [2.45, 2.75) is 45.6 Å². The lowest BCUT2D eigenvalue weighted by Crippen LogP contribution is -2.37. The minimum absolute atomic E-state index is 0.0749. The number of likely N-dealkylation sites (tertiary alicyclic amines) is 1. The fraction of sp³-hybridized carbons (Fsp3) is 0.480. The largest absolute Gasteiger partial charge is 0.345 e. The molecule has 3 rings (SSSR count). The molecular weight excluding hydrogens is 382 g/mol. The van der Waals surface area contributed by atoms with Crippen LogP contribution < -0.4 is 5.32 Å². The van der Waals surface area contributed by atoms with Gasteiger partial charge < -0.3 is 10.2 Å². The van der Waals surface area contributed by atoms with Crippen LogP contribution in [-0.4, -0.2) is 30.4 Å². The molecule has 162 valence electrons. The van der Waals surface area contributed by atoms with Crippen LogP contribution in [0.25, 0.3) is 0 Å². The molecule has 0 radical (unpaired) electrons. The van der Waals surface area contributed by atoms with Gasteiger partial charge in [-0.25, -0.2) is 8.78 Å². The molecule has 1 aliphatic rings. The van der Waals surface area contributed by atoms with Gasteiger partial charge in [-0.15, -0.1) is 0 Å². The normalized spacial score (nSPS) is 15.7. The van der Waals surface area contributed by atoms with Crippen molar-refractivity contribution in [3.63, 3.8) is 0 Å². The van der Waals surface area contributed by atoms with E-state index in [4.69, 9.17) is 0 Å². The zero-order valence-corrected chi connectivity index (χ0v) is 17.9. The van der Waals surface area contributed by atoms with Crippen LogP contribution in [0.5, 0.6) is 0 Å². The number of amides is 1. The predicted molar refractivity (Wildman–Crippen MR) is 116 cm³/mol. The molecule has 30 heavy (non-hydrogen) atoms. The van der Waals surface area contributed by atoms with Gasteiger partial charge in [-0.1, -0.05) is 38.1 Å². The van der Waals surface area contributed by atoms with E-state index in [0.717, 1.165) is 32.5 Å². The number of halogens is 2. The third-order valence-electron chi connectivity index (χ3n) is 5.87. The van der Waals surface area contributed by atoms with E-state index in [0.29, 0.717) is 29.4 Å². The van der Waals surface area contributed by atoms with Crippen LogP contribution in [0.3, 0.4) is 0 Å². The van der Waals surface area contributed by atoms with E-state index in [1.54, 1.807) is 24.3 Å². The van der Waals surface area contributed by atoms with Gasteiger partial charge in [0.15, 0.2) is 0 Å². The van der Waals surface area contributed by atoms with Gasteiger partial charge in [0.25, 0.3) is 0 Å². The molecule has 0 bridgehead atoms. The van der Waals surface area contributed by atoms with Gasteiger partial charge in [-0.2, -0.15) is 0 Å². The first kappa shape index (κ1) is 22.4. The number of nitrogens with one attached hydrogen (secondary N) is 1. The van der Waals surface area contributed by atoms with Crippen LogP contribution in [0.2, 0.25) is 0 Å². The molecule has 1 aliphatic heterocycles. The highest BCUT2D eigenvalue weighted by atomic mass is 19.1. The maximum absolute atomic E-state index is 13.8. The molecule has 2 aromatic carbocycles. The molecule has 1 saturated heterocycles. The molecule has 1 amide bonds. The first-order valence-electron chi connectivity index (χ1n) is 10.9. The van der Waals surface area contributed by atoms with Gasteiger partial charge in [0.05, 0.1) is 6.04 Å².